The highest BCUT2D eigenvalue weighted by Gasteiger charge is 2.37. The van der Waals surface area contributed by atoms with Crippen molar-refractivity contribution in [3.8, 4) is 0 Å². The van der Waals surface area contributed by atoms with E-state index in [1.807, 2.05) is 0 Å². The maximum absolute atomic E-state index is 14.1. The van der Waals surface area contributed by atoms with E-state index in [0.717, 1.165) is 4.90 Å². The van der Waals surface area contributed by atoms with Crippen molar-refractivity contribution in [1.82, 2.24) is 4.90 Å². The van der Waals surface area contributed by atoms with E-state index in [2.05, 4.69) is 0 Å². The smallest absolute Gasteiger partial charge is 0.416 e. The van der Waals surface area contributed by atoms with Gasteiger partial charge >= 0.3 is 12.3 Å². The number of rotatable bonds is 1. The molecule has 1 amide bonds. The minimum Gasteiger partial charge on any atom is -0.465 e. The van der Waals surface area contributed by atoms with Gasteiger partial charge in [-0.3, -0.25) is 0 Å². The number of alkyl halides is 3. The molecule has 9 heteroatoms. The molecule has 2 rings (SSSR count). The fourth-order valence-corrected chi connectivity index (χ4v) is 2.85. The summed E-state index contributed by atoms with van der Waals surface area (Å²) in [4.78, 5) is 12.1. The van der Waals surface area contributed by atoms with Gasteiger partial charge in [-0.05, 0) is 25.0 Å². The van der Waals surface area contributed by atoms with E-state index < -0.39 is 40.8 Å². The lowest BCUT2D eigenvalue weighted by molar-refractivity contribution is -0.137. The van der Waals surface area contributed by atoms with Crippen LogP contribution in [-0.2, 0) is 6.18 Å². The molecule has 0 radical (unpaired) electrons. The molecule has 1 saturated heterocycles. The largest absolute Gasteiger partial charge is 0.465 e. The van der Waals surface area contributed by atoms with Crippen molar-refractivity contribution >= 4 is 17.7 Å². The topological polar surface area (TPSA) is 60.8 Å². The number of aliphatic hydroxyl groups excluding tert-OH is 1. The fourth-order valence-electron chi connectivity index (χ4n) is 2.52. The van der Waals surface area contributed by atoms with Gasteiger partial charge in [0.1, 0.15) is 5.82 Å². The second kappa shape index (κ2) is 5.92. The highest BCUT2D eigenvalue weighted by Crippen LogP contribution is 2.40. The van der Waals surface area contributed by atoms with Crippen LogP contribution in [0.5, 0.6) is 0 Å². The van der Waals surface area contributed by atoms with Crippen LogP contribution in [0.1, 0.15) is 30.0 Å². The van der Waals surface area contributed by atoms with Crippen LogP contribution in [0.15, 0.2) is 12.1 Å². The van der Waals surface area contributed by atoms with Gasteiger partial charge in [0.15, 0.2) is 0 Å². The summed E-state index contributed by atoms with van der Waals surface area (Å²) < 4.78 is 52.0. The minimum atomic E-state index is -4.76. The average Bonchev–Trinajstić information content (AvgIpc) is 2.36. The Labute approximate surface area is 127 Å². The molecule has 0 saturated carbocycles. The molecule has 1 aromatic carbocycles. The monoisotopic (exact) mass is 341 g/mol. The number of halogens is 5. The summed E-state index contributed by atoms with van der Waals surface area (Å²) >= 11 is 5.75. The van der Waals surface area contributed by atoms with Gasteiger partial charge in [0, 0.05) is 17.1 Å². The summed E-state index contributed by atoms with van der Waals surface area (Å²) in [6.07, 6.45) is -6.95. The molecule has 1 aliphatic rings. The summed E-state index contributed by atoms with van der Waals surface area (Å²) in [5, 5.41) is 18.2. The van der Waals surface area contributed by atoms with Crippen LogP contribution in [-0.4, -0.2) is 33.9 Å². The highest BCUT2D eigenvalue weighted by molar-refractivity contribution is 6.31. The number of amides is 1. The third-order valence-electron chi connectivity index (χ3n) is 3.56. The number of benzene rings is 1. The number of carbonyl (C=O) groups is 1. The van der Waals surface area contributed by atoms with Gasteiger partial charge < -0.3 is 15.1 Å². The number of aliphatic hydroxyl groups is 1. The Morgan fingerprint density at radius 3 is 2.50 bits per heavy atom. The molecule has 1 fully saturated rings. The van der Waals surface area contributed by atoms with Gasteiger partial charge in [-0.25, -0.2) is 9.18 Å². The zero-order valence-electron chi connectivity index (χ0n) is 11.1. The SMILES string of the molecule is O=C(O)N1CCC(O)CC1c1c(F)cc(C(F)(F)F)cc1Cl. The summed E-state index contributed by atoms with van der Waals surface area (Å²) in [6.45, 7) is -0.0576. The predicted octanol–water partition coefficient (Wildman–Crippen LogP) is 3.67. The quantitative estimate of drug-likeness (QED) is 0.766. The van der Waals surface area contributed by atoms with Gasteiger partial charge in [-0.1, -0.05) is 11.6 Å². The molecule has 2 atom stereocenters. The molecule has 4 nitrogen and oxygen atoms in total. The van der Waals surface area contributed by atoms with Gasteiger partial charge in [-0.2, -0.15) is 13.2 Å². The van der Waals surface area contributed by atoms with Gasteiger partial charge in [0.05, 0.1) is 17.7 Å². The van der Waals surface area contributed by atoms with Crippen LogP contribution in [0.3, 0.4) is 0 Å². The zero-order chi connectivity index (χ0) is 16.7. The number of hydrogen-bond donors (Lipinski definition) is 2. The molecule has 0 bridgehead atoms. The number of likely N-dealkylation sites (tertiary alicyclic amines) is 1. The molecule has 1 aromatic rings. The highest BCUT2D eigenvalue weighted by atomic mass is 35.5. The van der Waals surface area contributed by atoms with Gasteiger partial charge in [0.25, 0.3) is 0 Å². The Balaban J connectivity index is 2.48. The normalized spacial score (nSPS) is 22.7. The summed E-state index contributed by atoms with van der Waals surface area (Å²) in [6, 6.07) is -0.292. The van der Waals surface area contributed by atoms with Crippen LogP contribution >= 0.6 is 11.6 Å². The van der Waals surface area contributed by atoms with E-state index in [-0.39, 0.29) is 31.0 Å². The first-order chi connectivity index (χ1) is 10.1. The van der Waals surface area contributed by atoms with E-state index in [1.54, 1.807) is 0 Å². The minimum absolute atomic E-state index is 0.0576. The van der Waals surface area contributed by atoms with Crippen LogP contribution in [0, 0.1) is 5.82 Å². The van der Waals surface area contributed by atoms with Crippen molar-refractivity contribution in [2.24, 2.45) is 0 Å². The lowest BCUT2D eigenvalue weighted by Crippen LogP contribution is -2.42. The summed E-state index contributed by atoms with van der Waals surface area (Å²) in [7, 11) is 0. The number of piperidine rings is 1. The Kier molecular flexibility index (Phi) is 4.53. The molecule has 1 heterocycles. The molecule has 2 N–H and O–H groups in total. The van der Waals surface area contributed by atoms with Crippen molar-refractivity contribution in [3.05, 3.63) is 34.1 Å². The first kappa shape index (κ1) is 16.8. The van der Waals surface area contributed by atoms with E-state index in [0.29, 0.717) is 6.07 Å². The standard InChI is InChI=1S/C13H12ClF4NO3/c14-8-3-6(13(16,17)18)4-9(15)11(8)10-5-7(20)1-2-19(10)12(21)22/h3-4,7,10,20H,1-2,5H2,(H,21,22). The van der Waals surface area contributed by atoms with Crippen molar-refractivity contribution in [1.29, 1.82) is 0 Å². The molecule has 2 unspecified atom stereocenters. The molecule has 122 valence electrons. The lowest BCUT2D eigenvalue weighted by atomic mass is 9.92. The number of nitrogens with zero attached hydrogens (tertiary/aromatic N) is 1. The van der Waals surface area contributed by atoms with E-state index in [1.165, 1.54) is 0 Å². The molecule has 22 heavy (non-hydrogen) atoms. The van der Waals surface area contributed by atoms with Crippen molar-refractivity contribution in [2.45, 2.75) is 31.2 Å². The van der Waals surface area contributed by atoms with Crippen LogP contribution < -0.4 is 0 Å². The Bertz CT molecular complexity index is 570. The van der Waals surface area contributed by atoms with Crippen molar-refractivity contribution in [3.63, 3.8) is 0 Å². The van der Waals surface area contributed by atoms with E-state index in [9.17, 15) is 27.5 Å². The second-order valence-electron chi connectivity index (χ2n) is 5.02. The molecule has 0 aromatic heterocycles. The van der Waals surface area contributed by atoms with Crippen LogP contribution in [0.2, 0.25) is 5.02 Å². The maximum Gasteiger partial charge on any atom is 0.416 e. The molecular formula is C13H12ClF4NO3. The zero-order valence-corrected chi connectivity index (χ0v) is 11.8. The lowest BCUT2D eigenvalue weighted by Gasteiger charge is -2.36. The van der Waals surface area contributed by atoms with E-state index in [4.69, 9.17) is 16.7 Å². The molecule has 1 aliphatic heterocycles. The predicted molar refractivity (Wildman–Crippen MR) is 69.1 cm³/mol. The second-order valence-corrected chi connectivity index (χ2v) is 5.43. The molecule has 0 aliphatic carbocycles. The summed E-state index contributed by atoms with van der Waals surface area (Å²) in [5.41, 5.74) is -1.60. The third kappa shape index (κ3) is 3.27. The first-order valence-electron chi connectivity index (χ1n) is 6.35. The van der Waals surface area contributed by atoms with Gasteiger partial charge in [0.2, 0.25) is 0 Å². The van der Waals surface area contributed by atoms with E-state index >= 15 is 0 Å². The fraction of sp³-hybridized carbons (Fsp3) is 0.462. The Morgan fingerprint density at radius 1 is 1.36 bits per heavy atom. The first-order valence-corrected chi connectivity index (χ1v) is 6.72. The number of carboxylic acid groups (broad SMARTS) is 1. The maximum atomic E-state index is 14.1. The molecular weight excluding hydrogens is 330 g/mol. The Morgan fingerprint density at radius 2 is 2.00 bits per heavy atom. The van der Waals surface area contributed by atoms with Crippen molar-refractivity contribution in [2.75, 3.05) is 6.54 Å². The van der Waals surface area contributed by atoms with Crippen LogP contribution in [0.4, 0.5) is 22.4 Å². The van der Waals surface area contributed by atoms with Crippen molar-refractivity contribution < 1.29 is 32.6 Å². The summed E-state index contributed by atoms with van der Waals surface area (Å²) in [5.74, 6) is -1.25. The average molecular weight is 342 g/mol. The number of hydrogen-bond acceptors (Lipinski definition) is 2. The van der Waals surface area contributed by atoms with Crippen LogP contribution in [0.25, 0.3) is 0 Å². The third-order valence-corrected chi connectivity index (χ3v) is 3.87. The molecule has 0 spiro atoms. The Hall–Kier alpha value is -1.54. The van der Waals surface area contributed by atoms with Gasteiger partial charge in [-0.15, -0.1) is 0 Å².